The third kappa shape index (κ3) is 7.42. The van der Waals surface area contributed by atoms with Crippen LogP contribution in [-0.4, -0.2) is 62.9 Å². The molecule has 186 valence electrons. The molecule has 0 N–H and O–H groups in total. The molecule has 2 unspecified atom stereocenters. The largest absolute Gasteiger partial charge is 0.493 e. The number of thioether (sulfide) groups is 2. The highest BCUT2D eigenvalue weighted by Crippen LogP contribution is 2.39. The molecule has 2 rings (SSSR count). The van der Waals surface area contributed by atoms with Crippen molar-refractivity contribution >= 4 is 51.0 Å². The number of carbonyl (C=O) groups excluding carboxylic acids is 1. The molecule has 1 fully saturated rings. The zero-order chi connectivity index (χ0) is 24.5. The second-order valence-corrected chi connectivity index (χ2v) is 12.0. The molecule has 3 atom stereocenters. The van der Waals surface area contributed by atoms with Gasteiger partial charge in [-0.25, -0.2) is 0 Å². The molecule has 33 heavy (non-hydrogen) atoms. The van der Waals surface area contributed by atoms with Crippen LogP contribution in [0.1, 0.15) is 57.3 Å². The van der Waals surface area contributed by atoms with Gasteiger partial charge in [0, 0.05) is 17.9 Å². The Labute approximate surface area is 214 Å². The van der Waals surface area contributed by atoms with Crippen molar-refractivity contribution in [2.75, 3.05) is 30.5 Å². The van der Waals surface area contributed by atoms with Crippen LogP contribution < -0.4 is 9.47 Å². The van der Waals surface area contributed by atoms with E-state index in [1.54, 1.807) is 0 Å². The quantitative estimate of drug-likeness (QED) is 0.122. The minimum atomic E-state index is -0.505. The Kier molecular flexibility index (Phi) is 11.7. The molecule has 1 aliphatic rings. The van der Waals surface area contributed by atoms with E-state index in [4.69, 9.17) is 9.47 Å². The maximum Gasteiger partial charge on any atom is 0.286 e. The number of benzene rings is 1. The van der Waals surface area contributed by atoms with Crippen molar-refractivity contribution in [2.45, 2.75) is 63.7 Å². The highest BCUT2D eigenvalue weighted by molar-refractivity contribution is 9.09. The first-order chi connectivity index (χ1) is 15.8. The lowest BCUT2D eigenvalue weighted by Crippen LogP contribution is -2.41. The Morgan fingerprint density at radius 3 is 2.48 bits per heavy atom. The van der Waals surface area contributed by atoms with Crippen LogP contribution in [0.5, 0.6) is 11.5 Å². The van der Waals surface area contributed by atoms with Crippen molar-refractivity contribution in [3.63, 3.8) is 0 Å². The summed E-state index contributed by atoms with van der Waals surface area (Å²) in [5.74, 6) is 2.62. The molecule has 1 aromatic carbocycles. The first-order valence-electron chi connectivity index (χ1n) is 11.4. The summed E-state index contributed by atoms with van der Waals surface area (Å²) in [5, 5.41) is 12.8. The fourth-order valence-corrected chi connectivity index (χ4v) is 7.23. The highest BCUT2D eigenvalue weighted by atomic mass is 79.9. The number of halogens is 1. The Balaban J connectivity index is 2.38. The zero-order valence-corrected chi connectivity index (χ0v) is 23.3. The normalized spacial score (nSPS) is 17.8. The first kappa shape index (κ1) is 28.1. The molecule has 1 amide bonds. The molecule has 0 aliphatic carbocycles. The standard InChI is InChI=1S/C23H35BrN2O5S2/c1-6-32-23(33-7-2)18-9-8-10-25(18)22(27)17-12-20(30-5)21(13-19(17)26(28)29)31-16(4)11-15(3)14-24/h12-13,15-16,18,23H,6-11,14H2,1-5H3/t15?,16?,18-/m0/s1. The third-order valence-electron chi connectivity index (χ3n) is 5.57. The van der Waals surface area contributed by atoms with E-state index in [0.717, 1.165) is 36.1 Å². The summed E-state index contributed by atoms with van der Waals surface area (Å²) in [6, 6.07) is 2.87. The van der Waals surface area contributed by atoms with Gasteiger partial charge in [0.1, 0.15) is 5.56 Å². The molecule has 0 bridgehead atoms. The summed E-state index contributed by atoms with van der Waals surface area (Å²) in [6.45, 7) is 8.86. The molecule has 10 heteroatoms. The maximum absolute atomic E-state index is 13.6. The van der Waals surface area contributed by atoms with E-state index in [-0.39, 0.29) is 39.6 Å². The number of ether oxygens (including phenoxy) is 2. The van der Waals surface area contributed by atoms with Crippen LogP contribution in [0.2, 0.25) is 0 Å². The van der Waals surface area contributed by atoms with Gasteiger partial charge in [0.2, 0.25) is 0 Å². The first-order valence-corrected chi connectivity index (χ1v) is 14.6. The number of amides is 1. The molecular formula is C23H35BrN2O5S2. The van der Waals surface area contributed by atoms with Crippen LogP contribution in [0.25, 0.3) is 0 Å². The van der Waals surface area contributed by atoms with Crippen molar-refractivity contribution < 1.29 is 19.2 Å². The van der Waals surface area contributed by atoms with Gasteiger partial charge in [-0.2, -0.15) is 0 Å². The molecule has 0 saturated carbocycles. The summed E-state index contributed by atoms with van der Waals surface area (Å²) in [7, 11) is 1.48. The number of likely N-dealkylation sites (tertiary alicyclic amines) is 1. The van der Waals surface area contributed by atoms with Gasteiger partial charge in [0.05, 0.1) is 34.8 Å². The van der Waals surface area contributed by atoms with Gasteiger partial charge < -0.3 is 14.4 Å². The summed E-state index contributed by atoms with van der Waals surface area (Å²) in [6.07, 6.45) is 2.43. The summed E-state index contributed by atoms with van der Waals surface area (Å²) >= 11 is 7.14. The average molecular weight is 564 g/mol. The molecule has 0 spiro atoms. The lowest BCUT2D eigenvalue weighted by Gasteiger charge is -2.31. The van der Waals surface area contributed by atoms with E-state index in [9.17, 15) is 14.9 Å². The smallest absolute Gasteiger partial charge is 0.286 e. The average Bonchev–Trinajstić information content (AvgIpc) is 3.27. The van der Waals surface area contributed by atoms with E-state index >= 15 is 0 Å². The van der Waals surface area contributed by atoms with Crippen molar-refractivity contribution in [3.05, 3.63) is 27.8 Å². The third-order valence-corrected chi connectivity index (χ3v) is 9.44. The van der Waals surface area contributed by atoms with Crippen LogP contribution in [0.4, 0.5) is 5.69 Å². The maximum atomic E-state index is 13.6. The van der Waals surface area contributed by atoms with Gasteiger partial charge in [0.25, 0.3) is 11.6 Å². The second kappa shape index (κ2) is 13.7. The number of methoxy groups -OCH3 is 1. The molecule has 1 saturated heterocycles. The Bertz CT molecular complexity index is 807. The Morgan fingerprint density at radius 2 is 1.94 bits per heavy atom. The van der Waals surface area contributed by atoms with Crippen molar-refractivity contribution in [2.24, 2.45) is 5.92 Å². The van der Waals surface area contributed by atoms with E-state index in [1.165, 1.54) is 19.2 Å². The highest BCUT2D eigenvalue weighted by Gasteiger charge is 2.38. The predicted octanol–water partition coefficient (Wildman–Crippen LogP) is 6.23. The van der Waals surface area contributed by atoms with Crippen LogP contribution in [0, 0.1) is 16.0 Å². The zero-order valence-electron chi connectivity index (χ0n) is 20.0. The minimum Gasteiger partial charge on any atom is -0.493 e. The van der Waals surface area contributed by atoms with Gasteiger partial charge >= 0.3 is 0 Å². The van der Waals surface area contributed by atoms with Crippen LogP contribution in [0.15, 0.2) is 12.1 Å². The van der Waals surface area contributed by atoms with E-state index in [0.29, 0.717) is 18.2 Å². The van der Waals surface area contributed by atoms with Crippen LogP contribution in [0.3, 0.4) is 0 Å². The van der Waals surface area contributed by atoms with Gasteiger partial charge in [-0.1, -0.05) is 36.7 Å². The van der Waals surface area contributed by atoms with Crippen molar-refractivity contribution in [3.8, 4) is 11.5 Å². The van der Waals surface area contributed by atoms with Gasteiger partial charge in [-0.05, 0) is 43.6 Å². The second-order valence-electron chi connectivity index (χ2n) is 8.19. The molecule has 1 aromatic rings. The number of nitrogens with zero attached hydrogens (tertiary/aromatic N) is 2. The Hall–Kier alpha value is -1.13. The Morgan fingerprint density at radius 1 is 1.27 bits per heavy atom. The summed E-state index contributed by atoms with van der Waals surface area (Å²) < 4.78 is 11.7. The molecule has 1 aliphatic heterocycles. The number of hydrogen-bond donors (Lipinski definition) is 0. The number of nitro benzene ring substituents is 1. The number of hydrogen-bond acceptors (Lipinski definition) is 7. The lowest BCUT2D eigenvalue weighted by atomic mass is 10.1. The van der Waals surface area contributed by atoms with E-state index in [2.05, 4.69) is 36.7 Å². The molecule has 0 aromatic heterocycles. The van der Waals surface area contributed by atoms with Crippen molar-refractivity contribution in [1.82, 2.24) is 4.90 Å². The lowest BCUT2D eigenvalue weighted by molar-refractivity contribution is -0.385. The van der Waals surface area contributed by atoms with E-state index < -0.39 is 4.92 Å². The van der Waals surface area contributed by atoms with Crippen LogP contribution >= 0.6 is 39.5 Å². The van der Waals surface area contributed by atoms with E-state index in [1.807, 2.05) is 35.3 Å². The fraction of sp³-hybridized carbons (Fsp3) is 0.696. The number of nitro groups is 1. The minimum absolute atomic E-state index is 0.0549. The molecule has 0 radical (unpaired) electrons. The monoisotopic (exact) mass is 562 g/mol. The predicted molar refractivity (Wildman–Crippen MR) is 141 cm³/mol. The summed E-state index contributed by atoms with van der Waals surface area (Å²) in [5.41, 5.74) is -0.190. The van der Waals surface area contributed by atoms with Crippen molar-refractivity contribution in [1.29, 1.82) is 0 Å². The molecule has 1 heterocycles. The fourth-order valence-electron chi connectivity index (χ4n) is 4.10. The topological polar surface area (TPSA) is 81.9 Å². The summed E-state index contributed by atoms with van der Waals surface area (Å²) in [4.78, 5) is 26.8. The van der Waals surface area contributed by atoms with Gasteiger partial charge in [-0.3, -0.25) is 14.9 Å². The molecule has 7 nitrogen and oxygen atoms in total. The van der Waals surface area contributed by atoms with Gasteiger partial charge in [0.15, 0.2) is 11.5 Å². The number of carbonyl (C=O) groups is 1. The van der Waals surface area contributed by atoms with Crippen LogP contribution in [-0.2, 0) is 0 Å². The number of rotatable bonds is 13. The van der Waals surface area contributed by atoms with Gasteiger partial charge in [-0.15, -0.1) is 23.5 Å². The number of alkyl halides is 1. The SMILES string of the molecule is CCSC(SCC)[C@@H]1CCCN1C(=O)c1cc(OC)c(OC(C)CC(C)CBr)cc1[N+](=O)[O-]. The molecular weight excluding hydrogens is 528 g/mol.